The third kappa shape index (κ3) is 1.29. The first kappa shape index (κ1) is 7.88. The maximum Gasteiger partial charge on any atom is 0.101 e. The van der Waals surface area contributed by atoms with Gasteiger partial charge in [-0.2, -0.15) is 5.26 Å². The van der Waals surface area contributed by atoms with Gasteiger partial charge in [-0.05, 0) is 25.2 Å². The molecule has 2 heterocycles. The molecule has 0 aliphatic carbocycles. The average molecular weight is 170 g/mol. The molecule has 0 radical (unpaired) electrons. The number of hydrogen-bond acceptors (Lipinski definition) is 2. The van der Waals surface area contributed by atoms with Gasteiger partial charge in [0.25, 0.3) is 0 Å². The predicted octanol–water partition coefficient (Wildman–Crippen LogP) is 2.11. The molecular formula is C11H10N2. The van der Waals surface area contributed by atoms with Crippen LogP contribution in [0.4, 0.5) is 0 Å². The van der Waals surface area contributed by atoms with Crippen LogP contribution in [0.15, 0.2) is 47.3 Å². The second-order valence-electron chi connectivity index (χ2n) is 3.23. The summed E-state index contributed by atoms with van der Waals surface area (Å²) in [6.45, 7) is 2.93. The van der Waals surface area contributed by atoms with Crippen molar-refractivity contribution in [2.24, 2.45) is 0 Å². The minimum atomic E-state index is 0.754. The van der Waals surface area contributed by atoms with Crippen LogP contribution in [-0.2, 0) is 0 Å². The fourth-order valence-electron chi connectivity index (χ4n) is 1.58. The monoisotopic (exact) mass is 170 g/mol. The lowest BCUT2D eigenvalue weighted by Crippen LogP contribution is -2.23. The highest BCUT2D eigenvalue weighted by Gasteiger charge is 2.16. The van der Waals surface area contributed by atoms with Crippen molar-refractivity contribution < 1.29 is 0 Å². The molecule has 2 rings (SSSR count). The normalized spacial score (nSPS) is 19.7. The molecule has 2 aliphatic heterocycles. The molecule has 0 unspecified atom stereocenters. The van der Waals surface area contributed by atoms with Crippen molar-refractivity contribution in [2.75, 3.05) is 6.54 Å². The fraction of sp³-hybridized carbons (Fsp3) is 0.182. The third-order valence-corrected chi connectivity index (χ3v) is 2.15. The van der Waals surface area contributed by atoms with Gasteiger partial charge in [0.15, 0.2) is 0 Å². The van der Waals surface area contributed by atoms with E-state index in [-0.39, 0.29) is 0 Å². The minimum Gasteiger partial charge on any atom is -0.343 e. The van der Waals surface area contributed by atoms with E-state index in [4.69, 9.17) is 5.26 Å². The Bertz CT molecular complexity index is 389. The Balaban J connectivity index is 2.50. The van der Waals surface area contributed by atoms with Crippen molar-refractivity contribution in [3.63, 3.8) is 0 Å². The van der Waals surface area contributed by atoms with E-state index in [2.05, 4.69) is 11.0 Å². The summed E-state index contributed by atoms with van der Waals surface area (Å²) in [6, 6.07) is 2.21. The van der Waals surface area contributed by atoms with Crippen molar-refractivity contribution >= 4 is 0 Å². The van der Waals surface area contributed by atoms with Gasteiger partial charge >= 0.3 is 0 Å². The lowest BCUT2D eigenvalue weighted by atomic mass is 10.0. The van der Waals surface area contributed by atoms with Crippen LogP contribution in [-0.4, -0.2) is 11.4 Å². The number of hydrogen-bond donors (Lipinski definition) is 0. The van der Waals surface area contributed by atoms with Crippen molar-refractivity contribution in [3.8, 4) is 6.07 Å². The van der Waals surface area contributed by atoms with Gasteiger partial charge in [-0.15, -0.1) is 0 Å². The fourth-order valence-corrected chi connectivity index (χ4v) is 1.58. The highest BCUT2D eigenvalue weighted by Crippen LogP contribution is 2.23. The summed E-state index contributed by atoms with van der Waals surface area (Å²) < 4.78 is 0. The summed E-state index contributed by atoms with van der Waals surface area (Å²) in [5.41, 5.74) is 2.99. The Morgan fingerprint density at radius 1 is 1.46 bits per heavy atom. The van der Waals surface area contributed by atoms with E-state index in [1.165, 1.54) is 5.57 Å². The zero-order valence-electron chi connectivity index (χ0n) is 7.49. The summed E-state index contributed by atoms with van der Waals surface area (Å²) in [4.78, 5) is 2.09. The quantitative estimate of drug-likeness (QED) is 0.556. The summed E-state index contributed by atoms with van der Waals surface area (Å²) >= 11 is 0. The van der Waals surface area contributed by atoms with Crippen molar-refractivity contribution in [1.82, 2.24) is 4.90 Å². The lowest BCUT2D eigenvalue weighted by molar-refractivity contribution is 0.505. The molecule has 0 aromatic rings. The molecule has 2 heteroatoms. The second-order valence-corrected chi connectivity index (χ2v) is 3.23. The molecule has 0 fully saturated rings. The van der Waals surface area contributed by atoms with E-state index in [1.807, 2.05) is 37.4 Å². The van der Waals surface area contributed by atoms with E-state index >= 15 is 0 Å². The van der Waals surface area contributed by atoms with Gasteiger partial charge in [0.05, 0.1) is 11.3 Å². The molecule has 64 valence electrons. The summed E-state index contributed by atoms with van der Waals surface area (Å²) in [6.07, 6.45) is 9.87. The van der Waals surface area contributed by atoms with E-state index in [1.54, 1.807) is 0 Å². The molecule has 0 saturated heterocycles. The van der Waals surface area contributed by atoms with E-state index < -0.39 is 0 Å². The van der Waals surface area contributed by atoms with Gasteiger partial charge in [0.1, 0.15) is 6.07 Å². The van der Waals surface area contributed by atoms with Crippen LogP contribution >= 0.6 is 0 Å². The van der Waals surface area contributed by atoms with Crippen LogP contribution in [0.3, 0.4) is 0 Å². The second kappa shape index (κ2) is 2.95. The minimum absolute atomic E-state index is 0.754. The van der Waals surface area contributed by atoms with Crippen LogP contribution in [0.2, 0.25) is 0 Å². The molecule has 13 heavy (non-hydrogen) atoms. The SMILES string of the molecule is CC1=CC(C#N)=C2C=CC=CN2C1. The molecule has 0 atom stereocenters. The van der Waals surface area contributed by atoms with Crippen molar-refractivity contribution in [1.29, 1.82) is 5.26 Å². The number of allylic oxidation sites excluding steroid dienone is 5. The largest absolute Gasteiger partial charge is 0.343 e. The summed E-state index contributed by atoms with van der Waals surface area (Å²) in [5, 5.41) is 8.91. The Kier molecular flexibility index (Phi) is 1.79. The van der Waals surface area contributed by atoms with Crippen LogP contribution in [0.5, 0.6) is 0 Å². The Morgan fingerprint density at radius 2 is 2.31 bits per heavy atom. The molecule has 2 nitrogen and oxygen atoms in total. The third-order valence-electron chi connectivity index (χ3n) is 2.15. The first-order valence-corrected chi connectivity index (χ1v) is 4.24. The molecule has 0 saturated carbocycles. The smallest absolute Gasteiger partial charge is 0.101 e. The molecular weight excluding hydrogens is 160 g/mol. The van der Waals surface area contributed by atoms with Gasteiger partial charge in [-0.25, -0.2) is 0 Å². The molecule has 0 spiro atoms. The molecule has 0 bridgehead atoms. The maximum atomic E-state index is 8.91. The van der Waals surface area contributed by atoms with Gasteiger partial charge in [0.2, 0.25) is 0 Å². The van der Waals surface area contributed by atoms with Crippen molar-refractivity contribution in [3.05, 3.63) is 47.3 Å². The van der Waals surface area contributed by atoms with E-state index in [0.29, 0.717) is 0 Å². The summed E-state index contributed by atoms with van der Waals surface area (Å²) in [7, 11) is 0. The van der Waals surface area contributed by atoms with Gasteiger partial charge in [0, 0.05) is 12.7 Å². The molecule has 0 N–H and O–H groups in total. The zero-order chi connectivity index (χ0) is 9.26. The van der Waals surface area contributed by atoms with Crippen LogP contribution in [0, 0.1) is 11.3 Å². The highest BCUT2D eigenvalue weighted by atomic mass is 15.1. The summed E-state index contributed by atoms with van der Waals surface area (Å²) in [5.74, 6) is 0. The standard InChI is InChI=1S/C11H10N2/c1-9-6-10(7-12)11-4-2-3-5-13(11)8-9/h2-6H,8H2,1H3. The van der Waals surface area contributed by atoms with E-state index in [0.717, 1.165) is 17.8 Å². The number of fused-ring (bicyclic) bond motifs is 1. The number of nitriles is 1. The molecule has 0 aromatic heterocycles. The van der Waals surface area contributed by atoms with Crippen LogP contribution in [0.25, 0.3) is 0 Å². The molecule has 2 aliphatic rings. The maximum absolute atomic E-state index is 8.91. The Morgan fingerprint density at radius 3 is 3.08 bits per heavy atom. The number of nitrogens with zero attached hydrogens (tertiary/aromatic N) is 2. The lowest BCUT2D eigenvalue weighted by Gasteiger charge is -2.28. The van der Waals surface area contributed by atoms with Crippen LogP contribution in [0.1, 0.15) is 6.92 Å². The highest BCUT2D eigenvalue weighted by molar-refractivity contribution is 5.49. The average Bonchev–Trinajstić information content (AvgIpc) is 2.16. The van der Waals surface area contributed by atoms with Gasteiger partial charge in [-0.3, -0.25) is 0 Å². The van der Waals surface area contributed by atoms with E-state index in [9.17, 15) is 0 Å². The van der Waals surface area contributed by atoms with Gasteiger partial charge in [-0.1, -0.05) is 11.6 Å². The Hall–Kier alpha value is -1.75. The van der Waals surface area contributed by atoms with Crippen molar-refractivity contribution in [2.45, 2.75) is 6.92 Å². The molecule has 0 amide bonds. The predicted molar refractivity (Wildman–Crippen MR) is 51.4 cm³/mol. The van der Waals surface area contributed by atoms with Gasteiger partial charge < -0.3 is 4.90 Å². The Labute approximate surface area is 77.8 Å². The zero-order valence-corrected chi connectivity index (χ0v) is 7.49. The van der Waals surface area contributed by atoms with Crippen LogP contribution < -0.4 is 0 Å². The molecule has 0 aromatic carbocycles. The number of rotatable bonds is 0. The first-order valence-electron chi connectivity index (χ1n) is 4.24. The topological polar surface area (TPSA) is 27.0 Å². The first-order chi connectivity index (χ1) is 6.31.